The maximum Gasteiger partial charge on any atom is 0.221 e. The van der Waals surface area contributed by atoms with Gasteiger partial charge in [0.25, 0.3) is 0 Å². The Morgan fingerprint density at radius 1 is 1.44 bits per heavy atom. The summed E-state index contributed by atoms with van der Waals surface area (Å²) in [6.07, 6.45) is -0.461. The summed E-state index contributed by atoms with van der Waals surface area (Å²) in [6.45, 7) is 0.151. The van der Waals surface area contributed by atoms with Crippen molar-refractivity contribution in [3.05, 3.63) is 29.8 Å². The maximum atomic E-state index is 10.7. The standard InChI is InChI=1S/C11H14ClNO3/c12-6-9(14)7-16-10-3-1-8(2-4-10)5-11(13)15/h1-4,9,14H,5-7H2,(H2,13,15). The van der Waals surface area contributed by atoms with Gasteiger partial charge in [0.15, 0.2) is 0 Å². The highest BCUT2D eigenvalue weighted by Gasteiger charge is 2.03. The lowest BCUT2D eigenvalue weighted by Gasteiger charge is -2.09. The highest BCUT2D eigenvalue weighted by Crippen LogP contribution is 2.12. The van der Waals surface area contributed by atoms with Crippen molar-refractivity contribution in [1.82, 2.24) is 0 Å². The minimum absolute atomic E-state index is 0.139. The lowest BCUT2D eigenvalue weighted by molar-refractivity contribution is -0.117. The number of amides is 1. The van der Waals surface area contributed by atoms with Crippen LogP contribution in [-0.4, -0.2) is 29.6 Å². The Bertz CT molecular complexity index is 340. The third kappa shape index (κ3) is 4.51. The van der Waals surface area contributed by atoms with E-state index in [1.165, 1.54) is 0 Å². The summed E-state index contributed by atoms with van der Waals surface area (Å²) in [4.78, 5) is 10.7. The van der Waals surface area contributed by atoms with Crippen LogP contribution in [0.5, 0.6) is 5.75 Å². The molecule has 0 saturated carbocycles. The number of rotatable bonds is 6. The molecule has 3 N–H and O–H groups in total. The summed E-state index contributed by atoms with van der Waals surface area (Å²) in [7, 11) is 0. The average Bonchev–Trinajstić information content (AvgIpc) is 2.27. The molecular weight excluding hydrogens is 230 g/mol. The van der Waals surface area contributed by atoms with Crippen molar-refractivity contribution in [1.29, 1.82) is 0 Å². The van der Waals surface area contributed by atoms with E-state index in [4.69, 9.17) is 22.1 Å². The van der Waals surface area contributed by atoms with Gasteiger partial charge in [-0.25, -0.2) is 0 Å². The fourth-order valence-electron chi connectivity index (χ4n) is 1.14. The molecule has 1 aromatic carbocycles. The normalized spacial score (nSPS) is 12.1. The zero-order valence-corrected chi connectivity index (χ0v) is 9.48. The first-order valence-corrected chi connectivity index (χ1v) is 5.39. The number of primary amides is 1. The van der Waals surface area contributed by atoms with E-state index < -0.39 is 6.10 Å². The first-order valence-electron chi connectivity index (χ1n) is 4.86. The first-order chi connectivity index (χ1) is 7.61. The van der Waals surface area contributed by atoms with Gasteiger partial charge in [-0.1, -0.05) is 12.1 Å². The second kappa shape index (κ2) is 6.35. The molecule has 0 aliphatic carbocycles. The smallest absolute Gasteiger partial charge is 0.221 e. The van der Waals surface area contributed by atoms with E-state index >= 15 is 0 Å². The predicted octanol–water partition coefficient (Wildman–Crippen LogP) is 0.693. The van der Waals surface area contributed by atoms with Crippen molar-refractivity contribution in [2.24, 2.45) is 5.73 Å². The van der Waals surface area contributed by atoms with Crippen molar-refractivity contribution in [2.45, 2.75) is 12.5 Å². The van der Waals surface area contributed by atoms with E-state index in [-0.39, 0.29) is 24.8 Å². The Morgan fingerprint density at radius 3 is 2.56 bits per heavy atom. The minimum Gasteiger partial charge on any atom is -0.491 e. The number of benzene rings is 1. The number of aliphatic hydroxyl groups excluding tert-OH is 1. The van der Waals surface area contributed by atoms with Crippen LogP contribution in [0.1, 0.15) is 5.56 Å². The highest BCUT2D eigenvalue weighted by molar-refractivity contribution is 6.18. The van der Waals surface area contributed by atoms with Crippen LogP contribution in [0.2, 0.25) is 0 Å². The van der Waals surface area contributed by atoms with E-state index in [0.29, 0.717) is 5.75 Å². The second-order valence-corrected chi connectivity index (χ2v) is 3.71. The Labute approximate surface area is 99.0 Å². The molecule has 0 bridgehead atoms. The first kappa shape index (κ1) is 12.8. The van der Waals surface area contributed by atoms with Gasteiger partial charge in [0.2, 0.25) is 5.91 Å². The van der Waals surface area contributed by atoms with Crippen LogP contribution in [0.4, 0.5) is 0 Å². The van der Waals surface area contributed by atoms with E-state index in [1.54, 1.807) is 24.3 Å². The van der Waals surface area contributed by atoms with Crippen LogP contribution >= 0.6 is 11.6 Å². The van der Waals surface area contributed by atoms with Gasteiger partial charge in [-0.15, -0.1) is 11.6 Å². The molecule has 0 radical (unpaired) electrons. The topological polar surface area (TPSA) is 72.6 Å². The molecule has 0 aliphatic heterocycles. The number of nitrogens with two attached hydrogens (primary N) is 1. The number of halogens is 1. The van der Waals surface area contributed by atoms with Crippen LogP contribution in [0, 0.1) is 0 Å². The lowest BCUT2D eigenvalue weighted by atomic mass is 10.1. The minimum atomic E-state index is -0.674. The molecule has 1 aromatic rings. The summed E-state index contributed by atoms with van der Waals surface area (Å²) in [6, 6.07) is 6.96. The molecule has 1 unspecified atom stereocenters. The van der Waals surface area contributed by atoms with Crippen LogP contribution < -0.4 is 10.5 Å². The van der Waals surface area contributed by atoms with Crippen molar-refractivity contribution in [3.8, 4) is 5.75 Å². The molecule has 0 aromatic heterocycles. The monoisotopic (exact) mass is 243 g/mol. The highest BCUT2D eigenvalue weighted by atomic mass is 35.5. The Morgan fingerprint density at radius 2 is 2.06 bits per heavy atom. The van der Waals surface area contributed by atoms with E-state index in [1.807, 2.05) is 0 Å². The zero-order chi connectivity index (χ0) is 12.0. The number of carbonyl (C=O) groups excluding carboxylic acids is 1. The maximum absolute atomic E-state index is 10.7. The fourth-order valence-corrected chi connectivity index (χ4v) is 1.23. The number of alkyl halides is 1. The summed E-state index contributed by atoms with van der Waals surface area (Å²) in [5.41, 5.74) is 5.89. The predicted molar refractivity (Wildman–Crippen MR) is 61.6 cm³/mol. The van der Waals surface area contributed by atoms with Gasteiger partial charge < -0.3 is 15.6 Å². The quantitative estimate of drug-likeness (QED) is 0.723. The molecule has 5 heteroatoms. The van der Waals surface area contributed by atoms with E-state index in [2.05, 4.69) is 0 Å². The van der Waals surface area contributed by atoms with Crippen molar-refractivity contribution >= 4 is 17.5 Å². The van der Waals surface area contributed by atoms with Crippen molar-refractivity contribution in [2.75, 3.05) is 12.5 Å². The molecule has 4 nitrogen and oxygen atoms in total. The van der Waals surface area contributed by atoms with E-state index in [9.17, 15) is 9.90 Å². The third-order valence-electron chi connectivity index (χ3n) is 1.92. The van der Waals surface area contributed by atoms with Gasteiger partial charge in [0.1, 0.15) is 18.5 Å². The molecule has 1 rings (SSSR count). The SMILES string of the molecule is NC(=O)Cc1ccc(OCC(O)CCl)cc1. The molecule has 1 atom stereocenters. The van der Waals surface area contributed by atoms with Crippen molar-refractivity contribution in [3.63, 3.8) is 0 Å². The summed E-state index contributed by atoms with van der Waals surface area (Å²) in [5, 5.41) is 9.17. The van der Waals surface area contributed by atoms with E-state index in [0.717, 1.165) is 5.56 Å². The van der Waals surface area contributed by atoms with Gasteiger partial charge >= 0.3 is 0 Å². The summed E-state index contributed by atoms with van der Waals surface area (Å²) < 4.78 is 5.27. The second-order valence-electron chi connectivity index (χ2n) is 3.41. The molecule has 0 fully saturated rings. The number of hydrogen-bond acceptors (Lipinski definition) is 3. The lowest BCUT2D eigenvalue weighted by Crippen LogP contribution is -2.18. The Kier molecular flexibility index (Phi) is 5.08. The fraction of sp³-hybridized carbons (Fsp3) is 0.364. The molecule has 0 spiro atoms. The molecular formula is C11H14ClNO3. The van der Waals surface area contributed by atoms with Gasteiger partial charge in [0, 0.05) is 0 Å². The third-order valence-corrected chi connectivity index (χ3v) is 2.28. The van der Waals surface area contributed by atoms with Crippen LogP contribution in [-0.2, 0) is 11.2 Å². The van der Waals surface area contributed by atoms with Crippen LogP contribution in [0.25, 0.3) is 0 Å². The number of hydrogen-bond donors (Lipinski definition) is 2. The van der Waals surface area contributed by atoms with Gasteiger partial charge in [0.05, 0.1) is 12.3 Å². The number of ether oxygens (including phenoxy) is 1. The molecule has 0 aliphatic rings. The van der Waals surface area contributed by atoms with Crippen LogP contribution in [0.15, 0.2) is 24.3 Å². The van der Waals surface area contributed by atoms with Gasteiger partial charge in [-0.3, -0.25) is 4.79 Å². The summed E-state index contributed by atoms with van der Waals surface area (Å²) >= 11 is 5.42. The molecule has 16 heavy (non-hydrogen) atoms. The van der Waals surface area contributed by atoms with Crippen LogP contribution in [0.3, 0.4) is 0 Å². The molecule has 0 heterocycles. The average molecular weight is 244 g/mol. The van der Waals surface area contributed by atoms with Crippen molar-refractivity contribution < 1.29 is 14.6 Å². The summed E-state index contributed by atoms with van der Waals surface area (Å²) in [5.74, 6) is 0.392. The molecule has 0 saturated heterocycles. The molecule has 1 amide bonds. The zero-order valence-electron chi connectivity index (χ0n) is 8.73. The van der Waals surface area contributed by atoms with Gasteiger partial charge in [-0.2, -0.15) is 0 Å². The molecule has 88 valence electrons. The largest absolute Gasteiger partial charge is 0.491 e. The number of aliphatic hydroxyl groups is 1. The van der Waals surface area contributed by atoms with Gasteiger partial charge in [-0.05, 0) is 17.7 Å². The Hall–Kier alpha value is -1.26. The number of carbonyl (C=O) groups is 1. The Balaban J connectivity index is 2.48.